The highest BCUT2D eigenvalue weighted by molar-refractivity contribution is 5.73. The summed E-state index contributed by atoms with van der Waals surface area (Å²) in [5.74, 6) is 0.495. The van der Waals surface area contributed by atoms with Gasteiger partial charge in [-0.2, -0.15) is 13.2 Å². The zero-order valence-corrected chi connectivity index (χ0v) is 10.1. The zero-order valence-electron chi connectivity index (χ0n) is 10.1. The zero-order chi connectivity index (χ0) is 13.5. The summed E-state index contributed by atoms with van der Waals surface area (Å²) in [4.78, 5) is 1.61. The van der Waals surface area contributed by atoms with Gasteiger partial charge in [0.05, 0.1) is 22.6 Å². The summed E-state index contributed by atoms with van der Waals surface area (Å²) in [5.41, 5.74) is 10.6. The summed E-state index contributed by atoms with van der Waals surface area (Å²) in [6, 6.07) is 2.22. The van der Waals surface area contributed by atoms with Crippen LogP contribution in [0.5, 0.6) is 0 Å². The van der Waals surface area contributed by atoms with Crippen molar-refractivity contribution in [3.8, 4) is 0 Å². The van der Waals surface area contributed by atoms with Gasteiger partial charge in [0, 0.05) is 13.6 Å². The van der Waals surface area contributed by atoms with Gasteiger partial charge >= 0.3 is 6.18 Å². The van der Waals surface area contributed by atoms with Gasteiger partial charge in [-0.05, 0) is 30.9 Å². The first-order valence-corrected chi connectivity index (χ1v) is 5.76. The van der Waals surface area contributed by atoms with Gasteiger partial charge < -0.3 is 16.4 Å². The molecule has 0 spiro atoms. The number of alkyl halides is 3. The number of nitrogen functional groups attached to an aromatic ring is 2. The van der Waals surface area contributed by atoms with E-state index in [0.717, 1.165) is 18.9 Å². The number of nitrogens with zero attached hydrogens (tertiary/aromatic N) is 1. The molecular formula is C12H16F3N3. The van der Waals surface area contributed by atoms with Gasteiger partial charge in [0.1, 0.15) is 0 Å². The maximum absolute atomic E-state index is 13.0. The van der Waals surface area contributed by atoms with E-state index in [4.69, 9.17) is 11.5 Å². The van der Waals surface area contributed by atoms with E-state index in [0.29, 0.717) is 12.5 Å². The highest BCUT2D eigenvalue weighted by atomic mass is 19.4. The fraction of sp³-hybridized carbons (Fsp3) is 0.500. The van der Waals surface area contributed by atoms with Crippen LogP contribution in [0, 0.1) is 5.92 Å². The summed E-state index contributed by atoms with van der Waals surface area (Å²) < 4.78 is 38.9. The van der Waals surface area contributed by atoms with Gasteiger partial charge in [0.2, 0.25) is 0 Å². The number of rotatable bonds is 3. The molecule has 100 valence electrons. The molecule has 0 atom stereocenters. The summed E-state index contributed by atoms with van der Waals surface area (Å²) in [6.45, 7) is 0.617. The summed E-state index contributed by atoms with van der Waals surface area (Å²) in [5, 5.41) is 0. The van der Waals surface area contributed by atoms with Crippen LogP contribution in [0.3, 0.4) is 0 Å². The Labute approximate surface area is 104 Å². The maximum Gasteiger partial charge on any atom is 0.418 e. The van der Waals surface area contributed by atoms with E-state index >= 15 is 0 Å². The van der Waals surface area contributed by atoms with E-state index in [1.54, 1.807) is 11.9 Å². The highest BCUT2D eigenvalue weighted by Gasteiger charge is 2.36. The summed E-state index contributed by atoms with van der Waals surface area (Å²) >= 11 is 0. The molecule has 0 heterocycles. The first kappa shape index (κ1) is 12.9. The van der Waals surface area contributed by atoms with Crippen molar-refractivity contribution in [1.29, 1.82) is 0 Å². The molecule has 0 unspecified atom stereocenters. The lowest BCUT2D eigenvalue weighted by Crippen LogP contribution is -2.24. The van der Waals surface area contributed by atoms with Gasteiger partial charge in [-0.3, -0.25) is 0 Å². The van der Waals surface area contributed by atoms with E-state index in [9.17, 15) is 13.2 Å². The van der Waals surface area contributed by atoms with E-state index in [1.165, 1.54) is 6.07 Å². The van der Waals surface area contributed by atoms with E-state index in [2.05, 4.69) is 0 Å². The van der Waals surface area contributed by atoms with E-state index in [-0.39, 0.29) is 17.1 Å². The summed E-state index contributed by atoms with van der Waals surface area (Å²) in [7, 11) is 1.65. The average Bonchev–Trinajstić information content (AvgIpc) is 3.03. The molecule has 4 N–H and O–H groups in total. The third kappa shape index (κ3) is 2.63. The van der Waals surface area contributed by atoms with Crippen LogP contribution < -0.4 is 16.4 Å². The monoisotopic (exact) mass is 259 g/mol. The van der Waals surface area contributed by atoms with Crippen molar-refractivity contribution in [3.63, 3.8) is 0 Å². The Hall–Kier alpha value is -1.59. The maximum atomic E-state index is 13.0. The first-order chi connectivity index (χ1) is 8.29. The third-order valence-electron chi connectivity index (χ3n) is 3.15. The highest BCUT2D eigenvalue weighted by Crippen LogP contribution is 2.41. The minimum atomic E-state index is -4.42. The molecule has 18 heavy (non-hydrogen) atoms. The molecule has 0 aromatic heterocycles. The van der Waals surface area contributed by atoms with Crippen LogP contribution in [-0.4, -0.2) is 13.6 Å². The van der Waals surface area contributed by atoms with Crippen molar-refractivity contribution in [2.75, 3.05) is 30.0 Å². The Morgan fingerprint density at radius 2 is 1.78 bits per heavy atom. The molecule has 0 amide bonds. The minimum absolute atomic E-state index is 0.0362. The van der Waals surface area contributed by atoms with Gasteiger partial charge in [-0.1, -0.05) is 0 Å². The molecule has 1 saturated carbocycles. The number of hydrogen-bond acceptors (Lipinski definition) is 3. The van der Waals surface area contributed by atoms with Gasteiger partial charge in [0.15, 0.2) is 0 Å². The molecule has 1 aromatic carbocycles. The van der Waals surface area contributed by atoms with Gasteiger partial charge in [-0.15, -0.1) is 0 Å². The molecule has 0 saturated heterocycles. The second-order valence-corrected chi connectivity index (χ2v) is 4.82. The molecule has 1 aromatic rings. The molecule has 1 fully saturated rings. The van der Waals surface area contributed by atoms with Crippen LogP contribution in [0.2, 0.25) is 0 Å². The van der Waals surface area contributed by atoms with Crippen molar-refractivity contribution in [3.05, 3.63) is 17.7 Å². The Morgan fingerprint density at radius 3 is 2.28 bits per heavy atom. The topological polar surface area (TPSA) is 55.3 Å². The second-order valence-electron chi connectivity index (χ2n) is 4.82. The largest absolute Gasteiger partial charge is 0.418 e. The minimum Gasteiger partial charge on any atom is -0.397 e. The molecule has 2 rings (SSSR count). The Bertz CT molecular complexity index is 453. The van der Waals surface area contributed by atoms with Crippen molar-refractivity contribution >= 4 is 17.1 Å². The smallest absolute Gasteiger partial charge is 0.397 e. The first-order valence-electron chi connectivity index (χ1n) is 5.76. The number of hydrogen-bond donors (Lipinski definition) is 2. The van der Waals surface area contributed by atoms with Crippen molar-refractivity contribution in [1.82, 2.24) is 0 Å². The average molecular weight is 259 g/mol. The summed E-state index contributed by atoms with van der Waals surface area (Å²) in [6.07, 6.45) is -2.26. The molecule has 1 aliphatic carbocycles. The Morgan fingerprint density at radius 1 is 1.22 bits per heavy atom. The SMILES string of the molecule is CN(CC1CC1)c1cc(N)c(N)cc1C(F)(F)F. The number of benzene rings is 1. The molecule has 6 heteroatoms. The number of nitrogens with two attached hydrogens (primary N) is 2. The van der Waals surface area contributed by atoms with Crippen molar-refractivity contribution in [2.24, 2.45) is 5.92 Å². The standard InChI is InChI=1S/C12H16F3N3/c1-18(6-7-2-3-7)11-5-10(17)9(16)4-8(11)12(13,14)15/h4-5,7H,2-3,6,16-17H2,1H3. The molecule has 0 radical (unpaired) electrons. The fourth-order valence-electron chi connectivity index (χ4n) is 1.95. The van der Waals surface area contributed by atoms with E-state index < -0.39 is 11.7 Å². The van der Waals surface area contributed by atoms with Gasteiger partial charge in [0.25, 0.3) is 0 Å². The number of anilines is 3. The molecular weight excluding hydrogens is 243 g/mol. The van der Waals surface area contributed by atoms with Crippen LogP contribution >= 0.6 is 0 Å². The predicted octanol–water partition coefficient (Wildman–Crippen LogP) is 2.72. The lowest BCUT2D eigenvalue weighted by Gasteiger charge is -2.24. The van der Waals surface area contributed by atoms with Crippen LogP contribution in [0.4, 0.5) is 30.2 Å². The Kier molecular flexibility index (Phi) is 3.04. The molecule has 0 bridgehead atoms. The lowest BCUT2D eigenvalue weighted by atomic mass is 10.1. The van der Waals surface area contributed by atoms with Crippen molar-refractivity contribution in [2.45, 2.75) is 19.0 Å². The van der Waals surface area contributed by atoms with Crippen LogP contribution in [0.1, 0.15) is 18.4 Å². The molecule has 3 nitrogen and oxygen atoms in total. The Balaban J connectivity index is 2.39. The van der Waals surface area contributed by atoms with Gasteiger partial charge in [-0.25, -0.2) is 0 Å². The van der Waals surface area contributed by atoms with Crippen LogP contribution in [0.25, 0.3) is 0 Å². The quantitative estimate of drug-likeness (QED) is 0.821. The predicted molar refractivity (Wildman–Crippen MR) is 66.3 cm³/mol. The normalized spacial score (nSPS) is 15.8. The van der Waals surface area contributed by atoms with Crippen LogP contribution in [-0.2, 0) is 6.18 Å². The third-order valence-corrected chi connectivity index (χ3v) is 3.15. The lowest BCUT2D eigenvalue weighted by molar-refractivity contribution is -0.137. The van der Waals surface area contributed by atoms with Crippen molar-refractivity contribution < 1.29 is 13.2 Å². The second kappa shape index (κ2) is 4.26. The van der Waals surface area contributed by atoms with Crippen LogP contribution in [0.15, 0.2) is 12.1 Å². The fourth-order valence-corrected chi connectivity index (χ4v) is 1.95. The molecule has 0 aliphatic heterocycles. The van der Waals surface area contributed by atoms with E-state index in [1.807, 2.05) is 0 Å². The number of halogens is 3. The molecule has 1 aliphatic rings.